The van der Waals surface area contributed by atoms with E-state index < -0.39 is 24.0 Å². The predicted molar refractivity (Wildman–Crippen MR) is 134 cm³/mol. The molecule has 2 unspecified atom stereocenters. The Morgan fingerprint density at radius 2 is 1.74 bits per heavy atom. The quantitative estimate of drug-likeness (QED) is 0.485. The lowest BCUT2D eigenvalue weighted by Gasteiger charge is -2.29. The number of carboxylic acid groups (broad SMARTS) is 1. The maximum Gasteiger partial charge on any atom is 0.407 e. The van der Waals surface area contributed by atoms with Gasteiger partial charge in [0.2, 0.25) is 5.91 Å². The van der Waals surface area contributed by atoms with Crippen LogP contribution in [0.25, 0.3) is 11.1 Å². The van der Waals surface area contributed by atoms with Crippen LogP contribution in [0.5, 0.6) is 0 Å². The molecular weight excluding hydrogens is 468 g/mol. The zero-order chi connectivity index (χ0) is 24.8. The Hall–Kier alpha value is -3.04. The van der Waals surface area contributed by atoms with Gasteiger partial charge in [0.1, 0.15) is 12.5 Å². The number of aliphatic carboxylic acids is 1. The first-order valence-electron chi connectivity index (χ1n) is 11.8. The van der Waals surface area contributed by atoms with Gasteiger partial charge in [-0.25, -0.2) is 4.79 Å². The third-order valence-corrected chi connectivity index (χ3v) is 7.46. The smallest absolute Gasteiger partial charge is 0.407 e. The van der Waals surface area contributed by atoms with Crippen LogP contribution in [-0.4, -0.2) is 78.4 Å². The van der Waals surface area contributed by atoms with Gasteiger partial charge in [0.15, 0.2) is 0 Å². The van der Waals surface area contributed by atoms with Gasteiger partial charge in [-0.3, -0.25) is 9.59 Å². The van der Waals surface area contributed by atoms with Crippen LogP contribution in [0.15, 0.2) is 48.5 Å². The summed E-state index contributed by atoms with van der Waals surface area (Å²) in [5, 5.41) is 12.1. The largest absolute Gasteiger partial charge is 0.481 e. The summed E-state index contributed by atoms with van der Waals surface area (Å²) in [6, 6.07) is 15.9. The summed E-state index contributed by atoms with van der Waals surface area (Å²) in [5.74, 6) is -1.01. The Bertz CT molecular complexity index is 1030. The van der Waals surface area contributed by atoms with Crippen LogP contribution in [0.1, 0.15) is 24.0 Å². The van der Waals surface area contributed by atoms with Crippen molar-refractivity contribution in [3.8, 4) is 11.1 Å². The van der Waals surface area contributed by atoms with E-state index in [1.807, 2.05) is 31.2 Å². The van der Waals surface area contributed by atoms with E-state index in [2.05, 4.69) is 29.6 Å². The van der Waals surface area contributed by atoms with Gasteiger partial charge in [0.05, 0.1) is 25.0 Å². The number of likely N-dealkylation sites (N-methyl/N-ethyl adjacent to an activating group) is 1. The number of thioether (sulfide) groups is 1. The number of carbonyl (C=O) groups excluding carboxylic acids is 2. The molecule has 186 valence electrons. The van der Waals surface area contributed by atoms with Gasteiger partial charge in [-0.2, -0.15) is 11.8 Å². The van der Waals surface area contributed by atoms with Crippen LogP contribution in [0.2, 0.25) is 0 Å². The average Bonchev–Trinajstić information content (AvgIpc) is 3.46. The van der Waals surface area contributed by atoms with Crippen molar-refractivity contribution < 1.29 is 29.0 Å². The van der Waals surface area contributed by atoms with Crippen molar-refractivity contribution >= 4 is 29.7 Å². The fourth-order valence-electron chi connectivity index (χ4n) is 4.80. The number of hydrogen-bond donors (Lipinski definition) is 2. The number of carboxylic acids is 1. The fraction of sp³-hybridized carbons (Fsp3) is 0.423. The van der Waals surface area contributed by atoms with Crippen LogP contribution in [-0.2, 0) is 19.1 Å². The van der Waals surface area contributed by atoms with Crippen LogP contribution >= 0.6 is 11.8 Å². The monoisotopic (exact) mass is 498 g/mol. The Kier molecular flexibility index (Phi) is 8.30. The van der Waals surface area contributed by atoms with Crippen molar-refractivity contribution in [1.82, 2.24) is 10.2 Å². The van der Waals surface area contributed by atoms with E-state index >= 15 is 0 Å². The van der Waals surface area contributed by atoms with Crippen molar-refractivity contribution in [2.45, 2.75) is 18.9 Å². The summed E-state index contributed by atoms with van der Waals surface area (Å²) in [6.45, 7) is 3.25. The van der Waals surface area contributed by atoms with Gasteiger partial charge < -0.3 is 24.8 Å². The van der Waals surface area contributed by atoms with Crippen molar-refractivity contribution in [2.24, 2.45) is 5.92 Å². The Morgan fingerprint density at radius 3 is 2.37 bits per heavy atom. The number of carbonyl (C=O) groups is 3. The molecule has 9 heteroatoms. The topological polar surface area (TPSA) is 105 Å². The molecule has 2 atom stereocenters. The summed E-state index contributed by atoms with van der Waals surface area (Å²) >= 11 is 1.39. The molecule has 0 saturated carbocycles. The third kappa shape index (κ3) is 5.62. The molecule has 2 aliphatic rings. The first kappa shape index (κ1) is 25.1. The van der Waals surface area contributed by atoms with E-state index in [4.69, 9.17) is 9.47 Å². The zero-order valence-corrected chi connectivity index (χ0v) is 20.5. The molecule has 0 radical (unpaired) electrons. The molecule has 2 amide bonds. The Morgan fingerprint density at radius 1 is 1.09 bits per heavy atom. The lowest BCUT2D eigenvalue weighted by Crippen LogP contribution is -2.47. The highest BCUT2D eigenvalue weighted by Crippen LogP contribution is 2.44. The van der Waals surface area contributed by atoms with Crippen molar-refractivity contribution in [1.29, 1.82) is 0 Å². The Labute approximate surface area is 209 Å². The third-order valence-electron chi connectivity index (χ3n) is 6.51. The number of benzene rings is 2. The summed E-state index contributed by atoms with van der Waals surface area (Å²) in [6.07, 6.45) is -0.485. The number of hydrogen-bond acceptors (Lipinski definition) is 6. The van der Waals surface area contributed by atoms with Crippen LogP contribution in [0, 0.1) is 5.92 Å². The number of alkyl carbamates (subject to hydrolysis) is 1. The predicted octanol–water partition coefficient (Wildman–Crippen LogP) is 3.21. The summed E-state index contributed by atoms with van der Waals surface area (Å²) in [4.78, 5) is 37.9. The van der Waals surface area contributed by atoms with Crippen molar-refractivity contribution in [3.63, 3.8) is 0 Å². The number of nitrogens with zero attached hydrogens (tertiary/aromatic N) is 1. The standard InChI is InChI=1S/C26H30N2O6S/c1-2-28(23-15-33-13-22(23)25(30)31)24(29)16-35-12-11-27-26(32)34-14-21-19-9-5-3-7-17(19)18-8-4-6-10-20(18)21/h3-10,21-23H,2,11-16H2,1H3,(H,27,32)(H,30,31). The maximum atomic E-state index is 12.6. The van der Waals surface area contributed by atoms with Crippen LogP contribution in [0.3, 0.4) is 0 Å². The number of nitrogens with one attached hydrogen (secondary N) is 1. The van der Waals surface area contributed by atoms with Gasteiger partial charge in [-0.15, -0.1) is 0 Å². The van der Waals surface area contributed by atoms with E-state index in [-0.39, 0.29) is 37.4 Å². The molecule has 1 heterocycles. The van der Waals surface area contributed by atoms with Crippen LogP contribution in [0.4, 0.5) is 4.79 Å². The molecule has 2 aromatic rings. The second-order valence-electron chi connectivity index (χ2n) is 8.53. The van der Waals surface area contributed by atoms with Crippen molar-refractivity contribution in [3.05, 3.63) is 59.7 Å². The average molecular weight is 499 g/mol. The van der Waals surface area contributed by atoms with Gasteiger partial charge in [0, 0.05) is 24.8 Å². The minimum absolute atomic E-state index is 0.00867. The molecule has 2 aromatic carbocycles. The first-order chi connectivity index (χ1) is 17.0. The summed E-state index contributed by atoms with van der Waals surface area (Å²) < 4.78 is 10.8. The molecule has 8 nitrogen and oxygen atoms in total. The molecule has 2 N–H and O–H groups in total. The highest BCUT2D eigenvalue weighted by molar-refractivity contribution is 7.99. The van der Waals surface area contributed by atoms with E-state index in [1.54, 1.807) is 4.90 Å². The van der Waals surface area contributed by atoms with E-state index in [1.165, 1.54) is 22.9 Å². The van der Waals surface area contributed by atoms with E-state index in [0.29, 0.717) is 18.8 Å². The molecule has 1 aliphatic heterocycles. The van der Waals surface area contributed by atoms with Crippen LogP contribution < -0.4 is 5.32 Å². The molecular formula is C26H30N2O6S. The first-order valence-corrected chi connectivity index (χ1v) is 12.9. The van der Waals surface area contributed by atoms with Gasteiger partial charge in [0.25, 0.3) is 0 Å². The molecule has 1 aliphatic carbocycles. The normalized spacial score (nSPS) is 18.5. The Balaban J connectivity index is 1.19. The van der Waals surface area contributed by atoms with E-state index in [9.17, 15) is 19.5 Å². The molecule has 1 fully saturated rings. The fourth-order valence-corrected chi connectivity index (χ4v) is 5.53. The number of ether oxygens (including phenoxy) is 2. The van der Waals surface area contributed by atoms with Gasteiger partial charge in [-0.05, 0) is 29.2 Å². The zero-order valence-electron chi connectivity index (χ0n) is 19.6. The SMILES string of the molecule is CCN(C(=O)CSCCNC(=O)OCC1c2ccccc2-c2ccccc21)C1COCC1C(=O)O. The number of fused-ring (bicyclic) bond motifs is 3. The minimum atomic E-state index is -0.946. The number of amides is 2. The summed E-state index contributed by atoms with van der Waals surface area (Å²) in [7, 11) is 0. The highest BCUT2D eigenvalue weighted by Gasteiger charge is 2.39. The molecule has 35 heavy (non-hydrogen) atoms. The lowest BCUT2D eigenvalue weighted by atomic mass is 9.98. The molecule has 1 saturated heterocycles. The maximum absolute atomic E-state index is 12.6. The molecule has 0 bridgehead atoms. The highest BCUT2D eigenvalue weighted by atomic mass is 32.2. The van der Waals surface area contributed by atoms with E-state index in [0.717, 1.165) is 11.1 Å². The second kappa shape index (κ2) is 11.6. The molecule has 4 rings (SSSR count). The van der Waals surface area contributed by atoms with Crippen molar-refractivity contribution in [2.75, 3.05) is 44.4 Å². The summed E-state index contributed by atoms with van der Waals surface area (Å²) in [5.41, 5.74) is 4.68. The number of rotatable bonds is 10. The van der Waals surface area contributed by atoms with Gasteiger partial charge >= 0.3 is 12.1 Å². The minimum Gasteiger partial charge on any atom is -0.481 e. The molecule has 0 spiro atoms. The second-order valence-corrected chi connectivity index (χ2v) is 9.64. The lowest BCUT2D eigenvalue weighted by molar-refractivity contribution is -0.144. The molecule has 0 aromatic heterocycles. The van der Waals surface area contributed by atoms with Gasteiger partial charge in [-0.1, -0.05) is 48.5 Å².